The van der Waals surface area contributed by atoms with Gasteiger partial charge in [-0.2, -0.15) is 0 Å². The Bertz CT molecular complexity index is 338. The van der Waals surface area contributed by atoms with E-state index < -0.39 is 0 Å². The summed E-state index contributed by atoms with van der Waals surface area (Å²) in [6.45, 7) is 9.17. The van der Waals surface area contributed by atoms with Gasteiger partial charge in [0, 0.05) is 12.8 Å². The van der Waals surface area contributed by atoms with E-state index in [0.717, 1.165) is 19.3 Å². The normalized spacial score (nSPS) is 17.8. The molecule has 0 amide bonds. The highest BCUT2D eigenvalue weighted by Crippen LogP contribution is 2.42. The van der Waals surface area contributed by atoms with Crippen LogP contribution in [0.25, 0.3) is 4.85 Å². The molecule has 0 unspecified atom stereocenters. The molecule has 1 aliphatic rings. The van der Waals surface area contributed by atoms with E-state index >= 15 is 0 Å². The van der Waals surface area contributed by atoms with Crippen molar-refractivity contribution in [1.29, 1.82) is 0 Å². The number of hydrogen-bond acceptors (Lipinski definition) is 0. The van der Waals surface area contributed by atoms with Crippen molar-refractivity contribution in [2.24, 2.45) is 0 Å². The van der Waals surface area contributed by atoms with Crippen molar-refractivity contribution in [3.63, 3.8) is 0 Å². The van der Waals surface area contributed by atoms with Crippen molar-refractivity contribution >= 4 is 0 Å². The number of aryl methyl sites for hydroxylation is 1. The van der Waals surface area contributed by atoms with E-state index in [0.29, 0.717) is 0 Å². The maximum absolute atomic E-state index is 7.08. The maximum Gasteiger partial charge on any atom is 0.237 e. The van der Waals surface area contributed by atoms with Gasteiger partial charge in [0.05, 0.1) is 6.42 Å². The third-order valence-electron chi connectivity index (χ3n) is 2.72. The topological polar surface area (TPSA) is 4.36 Å². The van der Waals surface area contributed by atoms with E-state index in [1.54, 1.807) is 0 Å². The molecule has 0 aromatic heterocycles. The Morgan fingerprint density at radius 2 is 1.92 bits per heavy atom. The lowest BCUT2D eigenvalue weighted by Crippen LogP contribution is -2.05. The minimum Gasteiger partial charge on any atom is -0.310 e. The molecule has 1 aromatic carbocycles. The molecule has 0 saturated heterocycles. The highest BCUT2D eigenvalue weighted by atomic mass is 14.9. The third-order valence-corrected chi connectivity index (χ3v) is 2.72. The van der Waals surface area contributed by atoms with Gasteiger partial charge in [-0.05, 0) is 12.5 Å². The first-order chi connectivity index (χ1) is 6.24. The summed E-state index contributed by atoms with van der Waals surface area (Å²) in [6.07, 6.45) is 3.12. The molecule has 1 fully saturated rings. The fourth-order valence-electron chi connectivity index (χ4n) is 1.56. The summed E-state index contributed by atoms with van der Waals surface area (Å²) >= 11 is 0. The Kier molecular flexibility index (Phi) is 1.84. The molecule has 0 spiro atoms. The number of rotatable bonds is 2. The van der Waals surface area contributed by atoms with Crippen LogP contribution in [0.2, 0.25) is 0 Å². The van der Waals surface area contributed by atoms with Crippen LogP contribution in [0.1, 0.15) is 24.0 Å². The summed E-state index contributed by atoms with van der Waals surface area (Å²) < 4.78 is 0. The molecule has 1 heteroatoms. The lowest BCUT2D eigenvalue weighted by atomic mass is 10.0. The first-order valence-corrected chi connectivity index (χ1v) is 4.68. The van der Waals surface area contributed by atoms with Crippen LogP contribution in [0.5, 0.6) is 0 Å². The molecular formula is C12H13N. The van der Waals surface area contributed by atoms with Crippen molar-refractivity contribution in [1.82, 2.24) is 0 Å². The zero-order chi connectivity index (χ0) is 9.31. The van der Waals surface area contributed by atoms with Gasteiger partial charge in [-0.3, -0.25) is 0 Å². The van der Waals surface area contributed by atoms with Gasteiger partial charge in [-0.25, -0.2) is 6.57 Å². The molecule has 0 aliphatic heterocycles. The van der Waals surface area contributed by atoms with E-state index in [2.05, 4.69) is 36.0 Å². The molecule has 0 radical (unpaired) electrons. The van der Waals surface area contributed by atoms with Crippen molar-refractivity contribution in [2.75, 3.05) is 0 Å². The van der Waals surface area contributed by atoms with E-state index in [4.69, 9.17) is 6.57 Å². The molecule has 0 bridgehead atoms. The molecule has 66 valence electrons. The SMILES string of the molecule is [C-]#[N+]C1(Cc2ccc(C)cc2)CC1. The first kappa shape index (κ1) is 8.31. The Morgan fingerprint density at radius 1 is 1.31 bits per heavy atom. The quantitative estimate of drug-likeness (QED) is 0.602. The van der Waals surface area contributed by atoms with E-state index in [1.807, 2.05) is 0 Å². The number of nitrogens with zero attached hydrogens (tertiary/aromatic N) is 1. The molecule has 1 aromatic rings. The van der Waals surface area contributed by atoms with Crippen LogP contribution >= 0.6 is 0 Å². The van der Waals surface area contributed by atoms with Gasteiger partial charge >= 0.3 is 0 Å². The second-order valence-corrected chi connectivity index (χ2v) is 4.00. The van der Waals surface area contributed by atoms with Crippen LogP contribution < -0.4 is 0 Å². The largest absolute Gasteiger partial charge is 0.310 e. The molecule has 13 heavy (non-hydrogen) atoms. The number of hydrogen-bond donors (Lipinski definition) is 0. The Labute approximate surface area is 79.2 Å². The van der Waals surface area contributed by atoms with Gasteiger partial charge in [0.1, 0.15) is 0 Å². The third kappa shape index (κ3) is 1.72. The van der Waals surface area contributed by atoms with Crippen molar-refractivity contribution in [3.05, 3.63) is 46.8 Å². The smallest absolute Gasteiger partial charge is 0.237 e. The minimum absolute atomic E-state index is 0.0186. The minimum atomic E-state index is -0.0186. The molecule has 0 N–H and O–H groups in total. The Balaban J connectivity index is 2.11. The average Bonchev–Trinajstić information content (AvgIpc) is 2.90. The van der Waals surface area contributed by atoms with Gasteiger partial charge in [0.15, 0.2) is 0 Å². The molecule has 1 saturated carbocycles. The zero-order valence-electron chi connectivity index (χ0n) is 7.88. The Morgan fingerprint density at radius 3 is 2.38 bits per heavy atom. The molecule has 0 atom stereocenters. The monoisotopic (exact) mass is 171 g/mol. The van der Waals surface area contributed by atoms with E-state index in [9.17, 15) is 0 Å². The average molecular weight is 171 g/mol. The van der Waals surface area contributed by atoms with Crippen LogP contribution in [0, 0.1) is 13.5 Å². The lowest BCUT2D eigenvalue weighted by Gasteiger charge is -2.02. The Hall–Kier alpha value is -1.29. The van der Waals surface area contributed by atoms with Gasteiger partial charge < -0.3 is 4.85 Å². The summed E-state index contributed by atoms with van der Waals surface area (Å²) in [7, 11) is 0. The van der Waals surface area contributed by atoms with Gasteiger partial charge in [0.2, 0.25) is 5.54 Å². The van der Waals surface area contributed by atoms with Crippen molar-refractivity contribution < 1.29 is 0 Å². The predicted octanol–water partition coefficient (Wildman–Crippen LogP) is 2.99. The molecule has 1 nitrogen and oxygen atoms in total. The summed E-state index contributed by atoms with van der Waals surface area (Å²) in [5.74, 6) is 0. The highest BCUT2D eigenvalue weighted by Gasteiger charge is 2.50. The van der Waals surface area contributed by atoms with Crippen molar-refractivity contribution in [3.8, 4) is 0 Å². The van der Waals surface area contributed by atoms with Crippen LogP contribution in [0.15, 0.2) is 24.3 Å². The van der Waals surface area contributed by atoms with Crippen LogP contribution in [-0.2, 0) is 6.42 Å². The standard InChI is InChI=1S/C12H13N/c1-10-3-5-11(6-4-10)9-12(13-2)7-8-12/h3-6H,7-9H2,1H3. The van der Waals surface area contributed by atoms with Gasteiger partial charge in [-0.15, -0.1) is 0 Å². The molecule has 0 heterocycles. The van der Waals surface area contributed by atoms with Crippen LogP contribution in [0.3, 0.4) is 0 Å². The maximum atomic E-state index is 7.08. The van der Waals surface area contributed by atoms with Gasteiger partial charge in [0.25, 0.3) is 0 Å². The second-order valence-electron chi connectivity index (χ2n) is 4.00. The summed E-state index contributed by atoms with van der Waals surface area (Å²) in [5.41, 5.74) is 2.57. The summed E-state index contributed by atoms with van der Waals surface area (Å²) in [6, 6.07) is 8.52. The van der Waals surface area contributed by atoms with Crippen molar-refractivity contribution in [2.45, 2.75) is 31.7 Å². The second kappa shape index (κ2) is 2.88. The fourth-order valence-corrected chi connectivity index (χ4v) is 1.56. The van der Waals surface area contributed by atoms with Gasteiger partial charge in [-0.1, -0.05) is 29.8 Å². The number of benzene rings is 1. The highest BCUT2D eigenvalue weighted by molar-refractivity contribution is 5.27. The van der Waals surface area contributed by atoms with E-state index in [1.165, 1.54) is 11.1 Å². The predicted molar refractivity (Wildman–Crippen MR) is 53.5 cm³/mol. The molecule has 1 aliphatic carbocycles. The fraction of sp³-hybridized carbons (Fsp3) is 0.417. The first-order valence-electron chi connectivity index (χ1n) is 4.68. The molecular weight excluding hydrogens is 158 g/mol. The van der Waals surface area contributed by atoms with Crippen LogP contribution in [-0.4, -0.2) is 5.54 Å². The summed E-state index contributed by atoms with van der Waals surface area (Å²) in [5, 5.41) is 0. The van der Waals surface area contributed by atoms with Crippen LogP contribution in [0.4, 0.5) is 0 Å². The van der Waals surface area contributed by atoms with E-state index in [-0.39, 0.29) is 5.54 Å². The lowest BCUT2D eigenvalue weighted by molar-refractivity contribution is 0.781. The zero-order valence-corrected chi connectivity index (χ0v) is 7.88. The molecule has 2 rings (SSSR count). The summed E-state index contributed by atoms with van der Waals surface area (Å²) in [4.78, 5) is 3.70.